The molecule has 0 radical (unpaired) electrons. The lowest BCUT2D eigenvalue weighted by Crippen LogP contribution is -2.32. The molecule has 4 rings (SSSR count). The molecule has 8 nitrogen and oxygen atoms in total. The molecule has 1 aromatic carbocycles. The minimum atomic E-state index is -0.272. The zero-order valence-corrected chi connectivity index (χ0v) is 15.1. The number of fused-ring (bicyclic) bond motifs is 1. The van der Waals surface area contributed by atoms with Crippen molar-refractivity contribution < 1.29 is 4.74 Å². The topological polar surface area (TPSA) is 102 Å². The van der Waals surface area contributed by atoms with Crippen LogP contribution in [-0.2, 0) is 11.3 Å². The van der Waals surface area contributed by atoms with Gasteiger partial charge in [0, 0.05) is 25.1 Å². The average molecular weight is 367 g/mol. The number of ether oxygens (including phenoxy) is 1. The zero-order valence-electron chi connectivity index (χ0n) is 15.1. The van der Waals surface area contributed by atoms with Gasteiger partial charge in [0.15, 0.2) is 0 Å². The fraction of sp³-hybridized carbons (Fsp3) is 0.368. The van der Waals surface area contributed by atoms with Gasteiger partial charge in [0.1, 0.15) is 11.6 Å². The highest BCUT2D eigenvalue weighted by Crippen LogP contribution is 2.24. The number of aryl methyl sites for hydroxylation is 1. The Balaban J connectivity index is 1.50. The van der Waals surface area contributed by atoms with E-state index in [0.29, 0.717) is 48.0 Å². The van der Waals surface area contributed by atoms with Crippen molar-refractivity contribution >= 4 is 16.6 Å². The first-order valence-corrected chi connectivity index (χ1v) is 9.01. The molecular formula is C19H21N5O3. The molecule has 2 N–H and O–H groups in total. The molecule has 1 aliphatic rings. The molecular weight excluding hydrogens is 346 g/mol. The van der Waals surface area contributed by atoms with Crippen molar-refractivity contribution in [3.8, 4) is 0 Å². The maximum absolute atomic E-state index is 12.5. The van der Waals surface area contributed by atoms with E-state index < -0.39 is 0 Å². The van der Waals surface area contributed by atoms with Gasteiger partial charge in [0.25, 0.3) is 11.1 Å². The zero-order chi connectivity index (χ0) is 18.8. The average Bonchev–Trinajstić information content (AvgIpc) is 3.20. The van der Waals surface area contributed by atoms with Crippen molar-refractivity contribution in [1.82, 2.24) is 19.7 Å². The van der Waals surface area contributed by atoms with Crippen LogP contribution < -0.4 is 16.4 Å². The molecule has 27 heavy (non-hydrogen) atoms. The second kappa shape index (κ2) is 7.32. The number of hydrogen-bond donors (Lipinski definition) is 2. The predicted molar refractivity (Wildman–Crippen MR) is 102 cm³/mol. The van der Waals surface area contributed by atoms with E-state index in [2.05, 4.69) is 20.4 Å². The van der Waals surface area contributed by atoms with Crippen LogP contribution in [0.1, 0.15) is 23.9 Å². The highest BCUT2D eigenvalue weighted by atomic mass is 16.5. The summed E-state index contributed by atoms with van der Waals surface area (Å²) in [6.07, 6.45) is 0.962. The number of hydrogen-bond acceptors (Lipinski definition) is 6. The van der Waals surface area contributed by atoms with Crippen LogP contribution in [0.25, 0.3) is 10.8 Å². The molecule has 1 atom stereocenters. The molecule has 0 amide bonds. The Morgan fingerprint density at radius 3 is 2.85 bits per heavy atom. The summed E-state index contributed by atoms with van der Waals surface area (Å²) >= 11 is 0. The second-order valence-corrected chi connectivity index (χ2v) is 6.66. The Morgan fingerprint density at radius 2 is 2.07 bits per heavy atom. The van der Waals surface area contributed by atoms with Gasteiger partial charge in [-0.15, -0.1) is 0 Å². The third-order valence-electron chi connectivity index (χ3n) is 4.73. The Bertz CT molecular complexity index is 1080. The van der Waals surface area contributed by atoms with Gasteiger partial charge in [0.05, 0.1) is 29.6 Å². The van der Waals surface area contributed by atoms with Crippen LogP contribution in [0.3, 0.4) is 0 Å². The van der Waals surface area contributed by atoms with E-state index in [1.165, 1.54) is 4.68 Å². The summed E-state index contributed by atoms with van der Waals surface area (Å²) in [6.45, 7) is 4.07. The summed E-state index contributed by atoms with van der Waals surface area (Å²) < 4.78 is 6.77. The number of H-pyrrole nitrogens is 1. The van der Waals surface area contributed by atoms with Crippen molar-refractivity contribution in [2.24, 2.45) is 0 Å². The summed E-state index contributed by atoms with van der Waals surface area (Å²) in [6, 6.07) is 8.74. The van der Waals surface area contributed by atoms with Gasteiger partial charge in [-0.05, 0) is 25.5 Å². The molecule has 1 aliphatic heterocycles. The molecule has 1 saturated heterocycles. The number of anilines is 1. The van der Waals surface area contributed by atoms with E-state index in [0.717, 1.165) is 18.7 Å². The third kappa shape index (κ3) is 3.61. The molecule has 140 valence electrons. The molecule has 2 aromatic heterocycles. The van der Waals surface area contributed by atoms with Crippen molar-refractivity contribution in [3.05, 3.63) is 62.6 Å². The van der Waals surface area contributed by atoms with Gasteiger partial charge in [-0.3, -0.25) is 14.7 Å². The number of rotatable bonds is 5. The van der Waals surface area contributed by atoms with Crippen LogP contribution in [-0.4, -0.2) is 39.5 Å². The van der Waals surface area contributed by atoms with E-state index >= 15 is 0 Å². The largest absolute Gasteiger partial charge is 0.381 e. The fourth-order valence-electron chi connectivity index (χ4n) is 3.36. The van der Waals surface area contributed by atoms with Gasteiger partial charge in [0.2, 0.25) is 0 Å². The smallest absolute Gasteiger partial charge is 0.273 e. The van der Waals surface area contributed by atoms with Crippen molar-refractivity contribution in [2.75, 3.05) is 25.1 Å². The van der Waals surface area contributed by atoms with Crippen molar-refractivity contribution in [1.29, 1.82) is 0 Å². The van der Waals surface area contributed by atoms with Crippen LogP contribution in [0, 0.1) is 6.92 Å². The Hall–Kier alpha value is -3.00. The predicted octanol–water partition coefficient (Wildman–Crippen LogP) is 1.40. The Kier molecular flexibility index (Phi) is 4.72. The first-order valence-electron chi connectivity index (χ1n) is 9.01. The lowest BCUT2D eigenvalue weighted by Gasteiger charge is -2.12. The van der Waals surface area contributed by atoms with E-state index in [1.54, 1.807) is 24.3 Å². The molecule has 0 aliphatic carbocycles. The summed E-state index contributed by atoms with van der Waals surface area (Å²) in [5, 5.41) is 6.67. The maximum atomic E-state index is 12.5. The van der Waals surface area contributed by atoms with E-state index in [4.69, 9.17) is 4.74 Å². The van der Waals surface area contributed by atoms with Crippen molar-refractivity contribution in [3.63, 3.8) is 0 Å². The SMILES string of the molecule is Cc1nc(NCCn2[nH]c(=O)c3ccccc3c2=O)cc([C@H]2CCOC2)n1. The highest BCUT2D eigenvalue weighted by molar-refractivity contribution is 5.80. The van der Waals surface area contributed by atoms with Crippen molar-refractivity contribution in [2.45, 2.75) is 25.8 Å². The third-order valence-corrected chi connectivity index (χ3v) is 4.73. The summed E-state index contributed by atoms with van der Waals surface area (Å²) in [7, 11) is 0. The first-order chi connectivity index (χ1) is 13.1. The lowest BCUT2D eigenvalue weighted by atomic mass is 10.0. The Labute approximate surface area is 155 Å². The highest BCUT2D eigenvalue weighted by Gasteiger charge is 2.20. The molecule has 0 saturated carbocycles. The van der Waals surface area contributed by atoms with Crippen LogP contribution in [0.4, 0.5) is 5.82 Å². The van der Waals surface area contributed by atoms with E-state index in [1.807, 2.05) is 13.0 Å². The molecule has 0 spiro atoms. The number of benzene rings is 1. The van der Waals surface area contributed by atoms with Gasteiger partial charge in [-0.1, -0.05) is 12.1 Å². The maximum Gasteiger partial charge on any atom is 0.273 e. The number of aromatic nitrogens is 4. The van der Waals surface area contributed by atoms with Gasteiger partial charge in [-0.2, -0.15) is 0 Å². The van der Waals surface area contributed by atoms with E-state index in [9.17, 15) is 9.59 Å². The minimum Gasteiger partial charge on any atom is -0.381 e. The standard InChI is InChI=1S/C19H21N5O3/c1-12-21-16(13-6-9-27-11-13)10-17(22-12)20-7-8-24-19(26)15-5-3-2-4-14(15)18(25)23-24/h2-5,10,13H,6-9,11H2,1H3,(H,23,25)(H,20,21,22)/t13-/m0/s1. The van der Waals surface area contributed by atoms with E-state index in [-0.39, 0.29) is 11.1 Å². The van der Waals surface area contributed by atoms with Crippen LogP contribution in [0.15, 0.2) is 39.9 Å². The summed E-state index contributed by atoms with van der Waals surface area (Å²) in [5.74, 6) is 1.70. The Morgan fingerprint density at radius 1 is 1.26 bits per heavy atom. The van der Waals surface area contributed by atoms with Gasteiger partial charge >= 0.3 is 0 Å². The normalized spacial score (nSPS) is 16.7. The quantitative estimate of drug-likeness (QED) is 0.707. The number of nitrogens with zero attached hydrogens (tertiary/aromatic N) is 3. The molecule has 8 heteroatoms. The fourth-order valence-corrected chi connectivity index (χ4v) is 3.36. The number of aromatic amines is 1. The van der Waals surface area contributed by atoms with Gasteiger partial charge < -0.3 is 10.1 Å². The monoisotopic (exact) mass is 367 g/mol. The second-order valence-electron chi connectivity index (χ2n) is 6.66. The van der Waals surface area contributed by atoms with Crippen LogP contribution in [0.2, 0.25) is 0 Å². The molecule has 1 fully saturated rings. The lowest BCUT2D eigenvalue weighted by molar-refractivity contribution is 0.193. The van der Waals surface area contributed by atoms with Gasteiger partial charge in [-0.25, -0.2) is 14.6 Å². The molecule has 3 heterocycles. The minimum absolute atomic E-state index is 0.213. The van der Waals surface area contributed by atoms with Crippen LogP contribution >= 0.6 is 0 Å². The van der Waals surface area contributed by atoms with Crippen LogP contribution in [0.5, 0.6) is 0 Å². The molecule has 0 unspecified atom stereocenters. The molecule has 0 bridgehead atoms. The summed E-state index contributed by atoms with van der Waals surface area (Å²) in [5.41, 5.74) is 0.486. The number of nitrogens with one attached hydrogen (secondary N) is 2. The summed E-state index contributed by atoms with van der Waals surface area (Å²) in [4.78, 5) is 33.6. The molecule has 3 aromatic rings. The first kappa shape index (κ1) is 17.4.